The number of fused-ring (bicyclic) bond motifs is 1. The van der Waals surface area contributed by atoms with Crippen LogP contribution in [0.15, 0.2) is 42.7 Å². The minimum atomic E-state index is 0.518. The van der Waals surface area contributed by atoms with Crippen molar-refractivity contribution in [2.75, 3.05) is 7.05 Å². The van der Waals surface area contributed by atoms with Gasteiger partial charge in [0.1, 0.15) is 0 Å². The Bertz CT molecular complexity index is 776. The average molecular weight is 295 g/mol. The van der Waals surface area contributed by atoms with Gasteiger partial charge in [-0.1, -0.05) is 6.07 Å². The lowest BCUT2D eigenvalue weighted by Gasteiger charge is -2.12. The molecular formula is C17H17N3S. The van der Waals surface area contributed by atoms with E-state index in [9.17, 15) is 0 Å². The summed E-state index contributed by atoms with van der Waals surface area (Å²) in [4.78, 5) is 11.5. The quantitative estimate of drug-likeness (QED) is 0.789. The summed E-state index contributed by atoms with van der Waals surface area (Å²) in [5, 5.41) is 3.46. The maximum Gasteiger partial charge on any atom is 0.0893 e. The van der Waals surface area contributed by atoms with Crippen molar-refractivity contribution >= 4 is 22.4 Å². The van der Waals surface area contributed by atoms with Gasteiger partial charge in [-0.15, -0.1) is 11.3 Å². The third kappa shape index (κ3) is 2.45. The van der Waals surface area contributed by atoms with E-state index in [0.29, 0.717) is 6.04 Å². The van der Waals surface area contributed by atoms with Crippen LogP contribution in [0.25, 0.3) is 21.5 Å². The zero-order chi connectivity index (χ0) is 14.2. The molecular weight excluding hydrogens is 278 g/mol. The number of aromatic nitrogens is 2. The molecule has 0 aliphatic heterocycles. The van der Waals surface area contributed by atoms with Crippen LogP contribution in [-0.2, 0) is 0 Å². The Kier molecular flexibility index (Phi) is 3.20. The van der Waals surface area contributed by atoms with Crippen molar-refractivity contribution in [1.82, 2.24) is 15.3 Å². The molecule has 1 N–H and O–H groups in total. The van der Waals surface area contributed by atoms with E-state index in [0.717, 1.165) is 17.0 Å². The van der Waals surface area contributed by atoms with Gasteiger partial charge in [0.15, 0.2) is 0 Å². The first kappa shape index (κ1) is 12.9. The molecule has 0 bridgehead atoms. The van der Waals surface area contributed by atoms with Crippen molar-refractivity contribution in [1.29, 1.82) is 0 Å². The molecule has 1 saturated carbocycles. The number of nitrogens with one attached hydrogen (secondary N) is 1. The molecule has 3 nitrogen and oxygen atoms in total. The van der Waals surface area contributed by atoms with Crippen LogP contribution in [-0.4, -0.2) is 17.0 Å². The number of hydrogen-bond donors (Lipinski definition) is 1. The van der Waals surface area contributed by atoms with Gasteiger partial charge in [-0.25, -0.2) is 0 Å². The van der Waals surface area contributed by atoms with Gasteiger partial charge in [-0.3, -0.25) is 9.97 Å². The summed E-state index contributed by atoms with van der Waals surface area (Å²) in [7, 11) is 2.06. The van der Waals surface area contributed by atoms with E-state index in [1.807, 2.05) is 17.4 Å². The average Bonchev–Trinajstić information content (AvgIpc) is 3.24. The Morgan fingerprint density at radius 3 is 2.67 bits per heavy atom. The van der Waals surface area contributed by atoms with E-state index in [4.69, 9.17) is 0 Å². The topological polar surface area (TPSA) is 37.8 Å². The largest absolute Gasteiger partial charge is 0.312 e. The molecule has 0 saturated heterocycles. The van der Waals surface area contributed by atoms with Crippen molar-refractivity contribution in [3.05, 3.63) is 47.6 Å². The highest BCUT2D eigenvalue weighted by Gasteiger charge is 2.32. The van der Waals surface area contributed by atoms with Crippen molar-refractivity contribution in [3.63, 3.8) is 0 Å². The summed E-state index contributed by atoms with van der Waals surface area (Å²) in [6.07, 6.45) is 6.18. The van der Waals surface area contributed by atoms with Gasteiger partial charge in [0, 0.05) is 28.2 Å². The van der Waals surface area contributed by atoms with Crippen LogP contribution in [0.2, 0.25) is 0 Å². The Balaban J connectivity index is 1.70. The minimum absolute atomic E-state index is 0.518. The predicted molar refractivity (Wildman–Crippen MR) is 87.4 cm³/mol. The van der Waals surface area contributed by atoms with E-state index >= 15 is 0 Å². The molecule has 2 aromatic heterocycles. The third-order valence-electron chi connectivity index (χ3n) is 4.09. The van der Waals surface area contributed by atoms with E-state index in [1.54, 1.807) is 12.4 Å². The molecule has 1 unspecified atom stereocenters. The second-order valence-corrected chi connectivity index (χ2v) is 6.68. The smallest absolute Gasteiger partial charge is 0.0893 e. The van der Waals surface area contributed by atoms with Gasteiger partial charge < -0.3 is 5.32 Å². The van der Waals surface area contributed by atoms with Gasteiger partial charge in [0.05, 0.1) is 11.0 Å². The normalized spacial score (nSPS) is 16.2. The Morgan fingerprint density at radius 2 is 1.90 bits per heavy atom. The molecule has 3 aromatic rings. The van der Waals surface area contributed by atoms with Gasteiger partial charge in [0.2, 0.25) is 0 Å². The minimum Gasteiger partial charge on any atom is -0.312 e. The molecule has 4 heteroatoms. The number of thiophene rings is 1. The second-order valence-electron chi connectivity index (χ2n) is 5.57. The highest BCUT2D eigenvalue weighted by atomic mass is 32.1. The summed E-state index contributed by atoms with van der Waals surface area (Å²) < 4.78 is 0. The molecule has 1 aliphatic carbocycles. The fraction of sp³-hybridized carbons (Fsp3) is 0.294. The second kappa shape index (κ2) is 5.20. The van der Waals surface area contributed by atoms with Gasteiger partial charge in [0.25, 0.3) is 0 Å². The molecule has 0 radical (unpaired) electrons. The molecule has 1 aliphatic rings. The fourth-order valence-electron chi connectivity index (χ4n) is 2.83. The highest BCUT2D eigenvalue weighted by molar-refractivity contribution is 7.15. The molecule has 4 rings (SSSR count). The number of nitrogens with zero attached hydrogens (tertiary/aromatic N) is 2. The van der Waals surface area contributed by atoms with Crippen LogP contribution >= 0.6 is 11.3 Å². The van der Waals surface area contributed by atoms with Crippen LogP contribution in [0.1, 0.15) is 23.8 Å². The maximum atomic E-state index is 4.39. The molecule has 0 amide bonds. The van der Waals surface area contributed by atoms with Crippen molar-refractivity contribution in [2.45, 2.75) is 18.9 Å². The van der Waals surface area contributed by atoms with Gasteiger partial charge >= 0.3 is 0 Å². The van der Waals surface area contributed by atoms with Crippen LogP contribution < -0.4 is 5.32 Å². The molecule has 0 spiro atoms. The molecule has 106 valence electrons. The number of hydrogen-bond acceptors (Lipinski definition) is 4. The number of rotatable bonds is 4. The van der Waals surface area contributed by atoms with Crippen LogP contribution in [0.4, 0.5) is 0 Å². The molecule has 21 heavy (non-hydrogen) atoms. The van der Waals surface area contributed by atoms with E-state index < -0.39 is 0 Å². The fourth-order valence-corrected chi connectivity index (χ4v) is 4.04. The molecule has 1 aromatic carbocycles. The lowest BCUT2D eigenvalue weighted by molar-refractivity contribution is 0.537. The Morgan fingerprint density at radius 1 is 1.10 bits per heavy atom. The van der Waals surface area contributed by atoms with Crippen LogP contribution in [0.3, 0.4) is 0 Å². The maximum absolute atomic E-state index is 4.39. The van der Waals surface area contributed by atoms with Crippen molar-refractivity contribution < 1.29 is 0 Å². The van der Waals surface area contributed by atoms with Crippen molar-refractivity contribution in [2.24, 2.45) is 5.92 Å². The van der Waals surface area contributed by atoms with Crippen LogP contribution in [0.5, 0.6) is 0 Å². The van der Waals surface area contributed by atoms with E-state index in [-0.39, 0.29) is 0 Å². The molecule has 1 atom stereocenters. The summed E-state index contributed by atoms with van der Waals surface area (Å²) in [6.45, 7) is 0. The van der Waals surface area contributed by atoms with Crippen LogP contribution in [0, 0.1) is 5.92 Å². The lowest BCUT2D eigenvalue weighted by Crippen LogP contribution is -2.16. The van der Waals surface area contributed by atoms with Gasteiger partial charge in [-0.2, -0.15) is 0 Å². The SMILES string of the molecule is CNC(c1ccc(-c2ccc3nccnc3c2)s1)C1CC1. The Hall–Kier alpha value is -1.78. The summed E-state index contributed by atoms with van der Waals surface area (Å²) in [5.74, 6) is 0.823. The standard InChI is InChI=1S/C17H17N3S/c1-18-17(11-2-3-11)16-7-6-15(21-16)12-4-5-13-14(10-12)20-9-8-19-13/h4-11,17-18H,2-3H2,1H3. The Labute approximate surface area is 128 Å². The molecule has 1 fully saturated rings. The van der Waals surface area contributed by atoms with E-state index in [1.165, 1.54) is 28.2 Å². The monoisotopic (exact) mass is 295 g/mol. The first-order valence-corrected chi connectivity index (χ1v) is 8.15. The third-order valence-corrected chi connectivity index (χ3v) is 5.31. The lowest BCUT2D eigenvalue weighted by atomic mass is 10.1. The summed E-state index contributed by atoms with van der Waals surface area (Å²) in [5.41, 5.74) is 3.13. The van der Waals surface area contributed by atoms with Crippen molar-refractivity contribution in [3.8, 4) is 10.4 Å². The summed E-state index contributed by atoms with van der Waals surface area (Å²) in [6, 6.07) is 11.3. The first-order chi connectivity index (χ1) is 10.3. The molecule has 2 heterocycles. The van der Waals surface area contributed by atoms with Gasteiger partial charge in [-0.05, 0) is 55.6 Å². The first-order valence-electron chi connectivity index (χ1n) is 7.33. The highest BCUT2D eigenvalue weighted by Crippen LogP contribution is 2.44. The zero-order valence-corrected chi connectivity index (χ0v) is 12.7. The summed E-state index contributed by atoms with van der Waals surface area (Å²) >= 11 is 1.88. The zero-order valence-electron chi connectivity index (χ0n) is 11.9. The number of benzene rings is 1. The van der Waals surface area contributed by atoms with E-state index in [2.05, 4.69) is 46.6 Å². The predicted octanol–water partition coefficient (Wildman–Crippen LogP) is 4.03.